The largest absolute Gasteiger partial charge is 0.416 e. The fourth-order valence-corrected chi connectivity index (χ4v) is 6.78. The molecule has 0 amide bonds. The third-order valence-corrected chi connectivity index (χ3v) is 9.15. The van der Waals surface area contributed by atoms with Crippen molar-refractivity contribution in [2.45, 2.75) is 61.5 Å². The highest BCUT2D eigenvalue weighted by Crippen LogP contribution is 2.30. The van der Waals surface area contributed by atoms with Crippen LogP contribution in [0.3, 0.4) is 0 Å². The van der Waals surface area contributed by atoms with Crippen LogP contribution < -0.4 is 10.7 Å². The van der Waals surface area contributed by atoms with Gasteiger partial charge in [0, 0.05) is 35.4 Å². The molecule has 1 atom stereocenters. The first-order valence-electron chi connectivity index (χ1n) is 14.6. The number of piperidine rings is 1. The molecule has 4 aromatic rings. The van der Waals surface area contributed by atoms with Gasteiger partial charge in [-0.25, -0.2) is 8.78 Å². The van der Waals surface area contributed by atoms with Crippen LogP contribution in [0.2, 0.25) is 0 Å². The summed E-state index contributed by atoms with van der Waals surface area (Å²) >= 11 is 1.20. The van der Waals surface area contributed by atoms with Crippen molar-refractivity contribution < 1.29 is 27.1 Å². The van der Waals surface area contributed by atoms with Gasteiger partial charge in [-0.2, -0.15) is 13.2 Å². The first kappa shape index (κ1) is 32.2. The number of aryl methyl sites for hydroxylation is 1. The van der Waals surface area contributed by atoms with Gasteiger partial charge in [-0.05, 0) is 74.7 Å². The molecule has 3 aromatic carbocycles. The molecule has 1 aromatic heterocycles. The third-order valence-electron chi connectivity index (χ3n) is 8.06. The van der Waals surface area contributed by atoms with Crippen LogP contribution in [0.25, 0.3) is 10.9 Å². The SMILES string of the molecule is O=c1cc(SCc2cccc(F)c2F)n(CC(O)N(CCCc2ccc(C(F)(F)F)cc2)C2CCNCC2)c2ccccc12. The second-order valence-electron chi connectivity index (χ2n) is 11.0. The maximum Gasteiger partial charge on any atom is 0.416 e. The highest BCUT2D eigenvalue weighted by atomic mass is 32.2. The molecule has 1 fully saturated rings. The molecular weight excluding hydrogens is 597 g/mol. The zero-order valence-electron chi connectivity index (χ0n) is 24.0. The Bertz CT molecular complexity index is 1620. The monoisotopic (exact) mass is 631 g/mol. The van der Waals surface area contributed by atoms with Crippen LogP contribution in [0.5, 0.6) is 0 Å². The van der Waals surface area contributed by atoms with Gasteiger partial charge >= 0.3 is 6.18 Å². The number of thioether (sulfide) groups is 1. The van der Waals surface area contributed by atoms with E-state index >= 15 is 0 Å². The number of fused-ring (bicyclic) bond motifs is 1. The van der Waals surface area contributed by atoms with Crippen molar-refractivity contribution in [3.05, 3.63) is 111 Å². The number of aliphatic hydroxyl groups is 1. The zero-order valence-corrected chi connectivity index (χ0v) is 24.8. The topological polar surface area (TPSA) is 57.5 Å². The Morgan fingerprint density at radius 3 is 2.45 bits per heavy atom. The maximum atomic E-state index is 14.4. The molecule has 5 nitrogen and oxygen atoms in total. The van der Waals surface area contributed by atoms with Crippen molar-refractivity contribution in [3.63, 3.8) is 0 Å². The number of nitrogens with zero attached hydrogens (tertiary/aromatic N) is 2. The van der Waals surface area contributed by atoms with Crippen molar-refractivity contribution in [1.29, 1.82) is 0 Å². The lowest BCUT2D eigenvalue weighted by Gasteiger charge is -2.38. The summed E-state index contributed by atoms with van der Waals surface area (Å²) in [7, 11) is 0. The highest BCUT2D eigenvalue weighted by Gasteiger charge is 2.30. The number of nitrogens with one attached hydrogen (secondary N) is 1. The first-order valence-corrected chi connectivity index (χ1v) is 15.6. The predicted molar refractivity (Wildman–Crippen MR) is 162 cm³/mol. The molecule has 2 N–H and O–H groups in total. The average Bonchev–Trinajstić information content (AvgIpc) is 3.02. The third kappa shape index (κ3) is 7.69. The minimum atomic E-state index is -4.39. The molecule has 1 aliphatic heterocycles. The van der Waals surface area contributed by atoms with E-state index in [9.17, 15) is 31.9 Å². The number of hydrogen-bond donors (Lipinski definition) is 2. The van der Waals surface area contributed by atoms with Gasteiger partial charge in [-0.3, -0.25) is 9.69 Å². The molecule has 0 spiro atoms. The Balaban J connectivity index is 1.38. The summed E-state index contributed by atoms with van der Waals surface area (Å²) in [5.74, 6) is -1.79. The molecule has 5 rings (SSSR count). The number of hydrogen-bond acceptors (Lipinski definition) is 5. The Morgan fingerprint density at radius 2 is 1.73 bits per heavy atom. The van der Waals surface area contributed by atoms with Crippen LogP contribution >= 0.6 is 11.8 Å². The summed E-state index contributed by atoms with van der Waals surface area (Å²) in [5.41, 5.74) is 0.682. The molecule has 1 aliphatic rings. The number of benzene rings is 3. The van der Waals surface area contributed by atoms with Gasteiger partial charge in [-0.1, -0.05) is 36.4 Å². The van der Waals surface area contributed by atoms with Crippen LogP contribution in [0, 0.1) is 11.6 Å². The summed E-state index contributed by atoms with van der Waals surface area (Å²) in [6.45, 7) is 2.24. The summed E-state index contributed by atoms with van der Waals surface area (Å²) in [4.78, 5) is 15.0. The predicted octanol–water partition coefficient (Wildman–Crippen LogP) is 6.60. The lowest BCUT2D eigenvalue weighted by molar-refractivity contribution is -0.137. The number of alkyl halides is 3. The summed E-state index contributed by atoms with van der Waals surface area (Å²) < 4.78 is 69.0. The number of aromatic nitrogens is 1. The van der Waals surface area contributed by atoms with E-state index in [1.807, 2.05) is 9.47 Å². The van der Waals surface area contributed by atoms with E-state index in [0.29, 0.717) is 35.3 Å². The molecule has 0 aliphatic carbocycles. The summed E-state index contributed by atoms with van der Waals surface area (Å²) in [5, 5.41) is 16.1. The second-order valence-corrected chi connectivity index (χ2v) is 12.0. The molecule has 1 saturated heterocycles. The number of aliphatic hydroxyl groups excluding tert-OH is 1. The maximum absolute atomic E-state index is 14.4. The van der Waals surface area contributed by atoms with Gasteiger partial charge < -0.3 is 15.0 Å². The molecule has 0 radical (unpaired) electrons. The normalized spacial score (nSPS) is 15.2. The molecular formula is C33H34F5N3O2S. The zero-order chi connectivity index (χ0) is 31.3. The minimum Gasteiger partial charge on any atom is -0.376 e. The molecule has 0 bridgehead atoms. The molecule has 44 heavy (non-hydrogen) atoms. The van der Waals surface area contributed by atoms with Gasteiger partial charge in [0.1, 0.15) is 6.23 Å². The number of halogens is 5. The van der Waals surface area contributed by atoms with Crippen LogP contribution in [0.1, 0.15) is 36.0 Å². The lowest BCUT2D eigenvalue weighted by atomic mass is 10.0. The quantitative estimate of drug-likeness (QED) is 0.111. The van der Waals surface area contributed by atoms with Gasteiger partial charge in [0.15, 0.2) is 17.1 Å². The average molecular weight is 632 g/mol. The van der Waals surface area contributed by atoms with Crippen LogP contribution in [0.15, 0.2) is 82.6 Å². The van der Waals surface area contributed by atoms with E-state index in [0.717, 1.165) is 49.7 Å². The molecule has 0 saturated carbocycles. The van der Waals surface area contributed by atoms with Gasteiger partial charge in [-0.15, -0.1) is 11.8 Å². The van der Waals surface area contributed by atoms with Crippen molar-refractivity contribution in [2.75, 3.05) is 19.6 Å². The van der Waals surface area contributed by atoms with E-state index in [1.54, 1.807) is 24.3 Å². The Kier molecular flexibility index (Phi) is 10.4. The fourth-order valence-electron chi connectivity index (χ4n) is 5.73. The van der Waals surface area contributed by atoms with Crippen molar-refractivity contribution in [1.82, 2.24) is 14.8 Å². The van der Waals surface area contributed by atoms with Gasteiger partial charge in [0.2, 0.25) is 0 Å². The van der Waals surface area contributed by atoms with Crippen LogP contribution in [0.4, 0.5) is 22.0 Å². The number of para-hydroxylation sites is 1. The summed E-state index contributed by atoms with van der Waals surface area (Å²) in [6.07, 6.45) is -2.51. The molecule has 234 valence electrons. The fraction of sp³-hybridized carbons (Fsp3) is 0.364. The standard InChI is InChI=1S/C33H34F5N3O2S/c34-27-8-3-6-23(32(27)35)21-44-31-19-29(42)26-7-1-2-9-28(26)41(31)20-30(43)40(25-14-16-39-17-15-25)18-4-5-22-10-12-24(13-11-22)33(36,37)38/h1-3,6-13,19,25,30,39,43H,4-5,14-18,20-21H2. The van der Waals surface area contributed by atoms with Crippen molar-refractivity contribution >= 4 is 22.7 Å². The van der Waals surface area contributed by atoms with Crippen LogP contribution in [-0.2, 0) is 24.9 Å². The van der Waals surface area contributed by atoms with Gasteiger partial charge in [0.05, 0.1) is 22.7 Å². The van der Waals surface area contributed by atoms with Crippen molar-refractivity contribution in [2.24, 2.45) is 0 Å². The van der Waals surface area contributed by atoms with E-state index in [-0.39, 0.29) is 29.3 Å². The van der Waals surface area contributed by atoms with Gasteiger partial charge in [0.25, 0.3) is 0 Å². The first-order chi connectivity index (χ1) is 21.1. The Morgan fingerprint density at radius 1 is 1.00 bits per heavy atom. The molecule has 1 unspecified atom stereocenters. The lowest BCUT2D eigenvalue weighted by Crippen LogP contribution is -2.50. The Hall–Kier alpha value is -3.25. The van der Waals surface area contributed by atoms with Crippen molar-refractivity contribution in [3.8, 4) is 0 Å². The van der Waals surface area contributed by atoms with E-state index in [2.05, 4.69) is 5.32 Å². The van der Waals surface area contributed by atoms with Crippen LogP contribution in [-0.4, -0.2) is 46.5 Å². The number of rotatable bonds is 11. The minimum absolute atomic E-state index is 0.0852. The molecule has 11 heteroatoms. The highest BCUT2D eigenvalue weighted by molar-refractivity contribution is 7.98. The van der Waals surface area contributed by atoms with E-state index in [4.69, 9.17) is 0 Å². The second kappa shape index (κ2) is 14.2. The Labute approximate surface area is 256 Å². The van der Waals surface area contributed by atoms with E-state index in [1.165, 1.54) is 42.1 Å². The smallest absolute Gasteiger partial charge is 0.376 e. The molecule has 2 heterocycles. The number of pyridine rings is 1. The summed E-state index contributed by atoms with van der Waals surface area (Å²) in [6, 6.07) is 17.8. The van der Waals surface area contributed by atoms with E-state index < -0.39 is 29.6 Å².